The molecule has 0 saturated carbocycles. The zero-order valence-corrected chi connectivity index (χ0v) is 7.81. The summed E-state index contributed by atoms with van der Waals surface area (Å²) in [7, 11) is 0. The number of hydrogen-bond donors (Lipinski definition) is 0. The van der Waals surface area contributed by atoms with Gasteiger partial charge >= 0.3 is 0 Å². The van der Waals surface area contributed by atoms with Gasteiger partial charge in [-0.25, -0.2) is 0 Å². The van der Waals surface area contributed by atoms with Gasteiger partial charge < -0.3 is 4.42 Å². The summed E-state index contributed by atoms with van der Waals surface area (Å²) in [6.07, 6.45) is 1.12. The summed E-state index contributed by atoms with van der Waals surface area (Å²) < 4.78 is 5.20. The quantitative estimate of drug-likeness (QED) is 0.656. The van der Waals surface area contributed by atoms with Crippen molar-refractivity contribution in [2.75, 3.05) is 0 Å². The van der Waals surface area contributed by atoms with Crippen LogP contribution in [0.1, 0.15) is 26.2 Å². The minimum atomic E-state index is 0.551. The second kappa shape index (κ2) is 3.76. The lowest BCUT2D eigenvalue weighted by molar-refractivity contribution is 0.428. The Morgan fingerprint density at radius 3 is 2.73 bits per heavy atom. The molecule has 3 nitrogen and oxygen atoms in total. The van der Waals surface area contributed by atoms with Crippen LogP contribution in [0.3, 0.4) is 0 Å². The maximum absolute atomic E-state index is 5.20. The zero-order valence-electron chi connectivity index (χ0n) is 7.00. The maximum atomic E-state index is 5.20. The minimum Gasteiger partial charge on any atom is -0.416 e. The molecular formula is C7H12N2OS. The third-order valence-electron chi connectivity index (χ3n) is 1.38. The number of aryl methyl sites for hydroxylation is 1. The fourth-order valence-corrected chi connectivity index (χ4v) is 1.35. The predicted molar refractivity (Wildman–Crippen MR) is 44.6 cm³/mol. The first-order valence-corrected chi connectivity index (χ1v) is 4.57. The summed E-state index contributed by atoms with van der Waals surface area (Å²) in [6, 6.07) is 0. The highest BCUT2D eigenvalue weighted by molar-refractivity contribution is 7.99. The minimum absolute atomic E-state index is 0.551. The summed E-state index contributed by atoms with van der Waals surface area (Å²) in [5.74, 6) is 0.635. The van der Waals surface area contributed by atoms with Gasteiger partial charge in [-0.1, -0.05) is 25.6 Å². The van der Waals surface area contributed by atoms with Crippen LogP contribution in [0, 0.1) is 6.92 Å². The Bertz CT molecular complexity index is 224. The van der Waals surface area contributed by atoms with Crippen molar-refractivity contribution < 1.29 is 4.42 Å². The van der Waals surface area contributed by atoms with Crippen LogP contribution in [-0.2, 0) is 0 Å². The van der Waals surface area contributed by atoms with E-state index in [0.29, 0.717) is 16.4 Å². The van der Waals surface area contributed by atoms with E-state index in [2.05, 4.69) is 24.0 Å². The topological polar surface area (TPSA) is 38.9 Å². The second-order valence-electron chi connectivity index (χ2n) is 2.42. The molecule has 1 aromatic rings. The summed E-state index contributed by atoms with van der Waals surface area (Å²) in [6.45, 7) is 6.08. The lowest BCUT2D eigenvalue weighted by Gasteiger charge is -2.01. The van der Waals surface area contributed by atoms with Gasteiger partial charge in [-0.2, -0.15) is 0 Å². The standard InChI is InChI=1S/C7H12N2OS/c1-4-5(2)11-7-9-8-6(3)10-7/h5H,4H2,1-3H3. The van der Waals surface area contributed by atoms with Crippen molar-refractivity contribution in [1.82, 2.24) is 10.2 Å². The third kappa shape index (κ3) is 2.54. The molecule has 0 aliphatic rings. The molecular weight excluding hydrogens is 160 g/mol. The van der Waals surface area contributed by atoms with Crippen molar-refractivity contribution in [3.63, 3.8) is 0 Å². The SMILES string of the molecule is CCC(C)Sc1nnc(C)o1. The van der Waals surface area contributed by atoms with Crippen LogP contribution in [-0.4, -0.2) is 15.4 Å². The van der Waals surface area contributed by atoms with Crippen LogP contribution >= 0.6 is 11.8 Å². The van der Waals surface area contributed by atoms with Crippen LogP contribution in [0.2, 0.25) is 0 Å². The monoisotopic (exact) mass is 172 g/mol. The molecule has 0 N–H and O–H groups in total. The number of rotatable bonds is 3. The average molecular weight is 172 g/mol. The van der Waals surface area contributed by atoms with Crippen LogP contribution in [0.5, 0.6) is 0 Å². The van der Waals surface area contributed by atoms with Gasteiger partial charge in [0.15, 0.2) is 0 Å². The normalized spacial score (nSPS) is 13.4. The molecule has 1 heterocycles. The largest absolute Gasteiger partial charge is 0.416 e. The fourth-order valence-electron chi connectivity index (χ4n) is 0.581. The van der Waals surface area contributed by atoms with Gasteiger partial charge in [0, 0.05) is 12.2 Å². The average Bonchev–Trinajstić information content (AvgIpc) is 2.35. The molecule has 1 rings (SSSR count). The van der Waals surface area contributed by atoms with Gasteiger partial charge in [0.25, 0.3) is 5.22 Å². The van der Waals surface area contributed by atoms with E-state index in [1.165, 1.54) is 0 Å². The number of nitrogens with zero attached hydrogens (tertiary/aromatic N) is 2. The molecule has 1 atom stereocenters. The molecule has 0 aromatic carbocycles. The molecule has 0 saturated heterocycles. The molecule has 0 aliphatic carbocycles. The van der Waals surface area contributed by atoms with E-state index < -0.39 is 0 Å². The molecule has 11 heavy (non-hydrogen) atoms. The predicted octanol–water partition coefficient (Wildman–Crippen LogP) is 2.27. The van der Waals surface area contributed by atoms with Gasteiger partial charge in [-0.05, 0) is 6.42 Å². The molecule has 0 aliphatic heterocycles. The van der Waals surface area contributed by atoms with Crippen molar-refractivity contribution in [2.45, 2.75) is 37.7 Å². The van der Waals surface area contributed by atoms with Gasteiger partial charge in [-0.15, -0.1) is 10.2 Å². The van der Waals surface area contributed by atoms with Crippen LogP contribution in [0.15, 0.2) is 9.64 Å². The highest BCUT2D eigenvalue weighted by atomic mass is 32.2. The lowest BCUT2D eigenvalue weighted by Crippen LogP contribution is -1.91. The first-order chi connectivity index (χ1) is 5.22. The Morgan fingerprint density at radius 2 is 2.27 bits per heavy atom. The van der Waals surface area contributed by atoms with E-state index in [0.717, 1.165) is 6.42 Å². The van der Waals surface area contributed by atoms with E-state index in [1.54, 1.807) is 18.7 Å². The van der Waals surface area contributed by atoms with Crippen molar-refractivity contribution >= 4 is 11.8 Å². The van der Waals surface area contributed by atoms with Crippen LogP contribution in [0.4, 0.5) is 0 Å². The highest BCUT2D eigenvalue weighted by Gasteiger charge is 2.06. The Kier molecular flexibility index (Phi) is 2.93. The van der Waals surface area contributed by atoms with E-state index in [1.807, 2.05) is 0 Å². The molecule has 4 heteroatoms. The number of thioether (sulfide) groups is 1. The molecule has 0 amide bonds. The maximum Gasteiger partial charge on any atom is 0.276 e. The Morgan fingerprint density at radius 1 is 1.55 bits per heavy atom. The first-order valence-electron chi connectivity index (χ1n) is 3.69. The molecule has 1 unspecified atom stereocenters. The van der Waals surface area contributed by atoms with Crippen LogP contribution in [0.25, 0.3) is 0 Å². The van der Waals surface area contributed by atoms with Crippen molar-refractivity contribution in [3.05, 3.63) is 5.89 Å². The van der Waals surface area contributed by atoms with E-state index in [9.17, 15) is 0 Å². The lowest BCUT2D eigenvalue weighted by atomic mass is 10.4. The summed E-state index contributed by atoms with van der Waals surface area (Å²) >= 11 is 1.62. The van der Waals surface area contributed by atoms with E-state index in [-0.39, 0.29) is 0 Å². The molecule has 62 valence electrons. The fraction of sp³-hybridized carbons (Fsp3) is 0.714. The Hall–Kier alpha value is -0.510. The van der Waals surface area contributed by atoms with E-state index >= 15 is 0 Å². The number of aromatic nitrogens is 2. The van der Waals surface area contributed by atoms with Gasteiger partial charge in [0.2, 0.25) is 5.89 Å². The van der Waals surface area contributed by atoms with Crippen molar-refractivity contribution in [2.24, 2.45) is 0 Å². The molecule has 0 fully saturated rings. The van der Waals surface area contributed by atoms with Crippen molar-refractivity contribution in [3.8, 4) is 0 Å². The molecule has 0 spiro atoms. The second-order valence-corrected chi connectivity index (χ2v) is 3.81. The molecule has 1 aromatic heterocycles. The van der Waals surface area contributed by atoms with Gasteiger partial charge in [-0.3, -0.25) is 0 Å². The smallest absolute Gasteiger partial charge is 0.276 e. The zero-order chi connectivity index (χ0) is 8.27. The Labute approximate surface area is 70.6 Å². The summed E-state index contributed by atoms with van der Waals surface area (Å²) in [5, 5.41) is 8.84. The third-order valence-corrected chi connectivity index (χ3v) is 2.49. The first kappa shape index (κ1) is 8.59. The van der Waals surface area contributed by atoms with Gasteiger partial charge in [0.05, 0.1) is 0 Å². The Balaban J connectivity index is 2.50. The summed E-state index contributed by atoms with van der Waals surface area (Å²) in [5.41, 5.74) is 0. The highest BCUT2D eigenvalue weighted by Crippen LogP contribution is 2.22. The van der Waals surface area contributed by atoms with Gasteiger partial charge in [0.1, 0.15) is 0 Å². The summed E-state index contributed by atoms with van der Waals surface area (Å²) in [4.78, 5) is 0. The molecule has 0 radical (unpaired) electrons. The molecule has 0 bridgehead atoms. The van der Waals surface area contributed by atoms with E-state index in [4.69, 9.17) is 4.42 Å². The number of hydrogen-bond acceptors (Lipinski definition) is 4. The van der Waals surface area contributed by atoms with Crippen LogP contribution < -0.4 is 0 Å². The van der Waals surface area contributed by atoms with Crippen molar-refractivity contribution in [1.29, 1.82) is 0 Å².